The lowest BCUT2D eigenvalue weighted by molar-refractivity contribution is 0.172. The molecule has 0 amide bonds. The highest BCUT2D eigenvalue weighted by Crippen LogP contribution is 1.86. The number of aromatic nitrogens is 1. The summed E-state index contributed by atoms with van der Waals surface area (Å²) in [6, 6.07) is 4.01. The third-order valence-electron chi connectivity index (χ3n) is 1.24. The highest BCUT2D eigenvalue weighted by Gasteiger charge is 1.73. The van der Waals surface area contributed by atoms with Crippen LogP contribution in [0.25, 0.3) is 0 Å². The van der Waals surface area contributed by atoms with Crippen molar-refractivity contribution in [1.82, 2.24) is 10.5 Å². The van der Waals surface area contributed by atoms with Crippen molar-refractivity contribution in [1.29, 1.82) is 0 Å². The summed E-state index contributed by atoms with van der Waals surface area (Å²) in [7, 11) is 0. The fraction of sp³-hybridized carbons (Fsp3) is 0.111. The Labute approximate surface area is 71.7 Å². The van der Waals surface area contributed by atoms with E-state index < -0.39 is 0 Å². The molecule has 1 aliphatic rings. The molecule has 0 saturated carbocycles. The van der Waals surface area contributed by atoms with Crippen LogP contribution in [0.2, 0.25) is 0 Å². The van der Waals surface area contributed by atoms with Gasteiger partial charge in [-0.1, -0.05) is 0 Å². The minimum absolute atomic E-state index is 1.22. The van der Waals surface area contributed by atoms with Crippen LogP contribution >= 0.6 is 0 Å². The van der Waals surface area contributed by atoms with Gasteiger partial charge in [0.25, 0.3) is 0 Å². The summed E-state index contributed by atoms with van der Waals surface area (Å²) in [6.07, 6.45) is 8.84. The van der Waals surface area contributed by atoms with Gasteiger partial charge in [-0.15, -0.1) is 0 Å². The largest absolute Gasteiger partial charge is 0.391 e. The second-order valence-corrected chi connectivity index (χ2v) is 2.28. The monoisotopic (exact) mass is 164 g/mol. The van der Waals surface area contributed by atoms with Crippen molar-refractivity contribution in [2.24, 2.45) is 0 Å². The molecule has 0 fully saturated rings. The van der Waals surface area contributed by atoms with E-state index >= 15 is 0 Å². The average Bonchev–Trinajstić information content (AvgIpc) is 2.60. The van der Waals surface area contributed by atoms with Crippen LogP contribution < -0.4 is 5.48 Å². The fourth-order valence-corrected chi connectivity index (χ4v) is 0.678. The SMILES string of the molecule is C1=CNOC=C1.Cc1ccc[nH]1. The van der Waals surface area contributed by atoms with Gasteiger partial charge in [0.1, 0.15) is 6.26 Å². The number of aryl methyl sites for hydroxylation is 1. The Morgan fingerprint density at radius 2 is 2.25 bits per heavy atom. The Balaban J connectivity index is 0.000000120. The number of rotatable bonds is 0. The van der Waals surface area contributed by atoms with E-state index in [0.717, 1.165) is 0 Å². The molecule has 3 nitrogen and oxygen atoms in total. The van der Waals surface area contributed by atoms with Crippen LogP contribution in [0, 0.1) is 6.92 Å². The molecule has 0 saturated heterocycles. The molecular formula is C9H12N2O. The third kappa shape index (κ3) is 3.51. The average molecular weight is 164 g/mol. The van der Waals surface area contributed by atoms with Crippen LogP contribution in [0.5, 0.6) is 0 Å². The van der Waals surface area contributed by atoms with Gasteiger partial charge >= 0.3 is 0 Å². The zero-order valence-corrected chi connectivity index (χ0v) is 6.95. The Hall–Kier alpha value is -1.64. The van der Waals surface area contributed by atoms with Crippen molar-refractivity contribution in [3.05, 3.63) is 48.6 Å². The van der Waals surface area contributed by atoms with E-state index in [4.69, 9.17) is 0 Å². The quantitative estimate of drug-likeness (QED) is 0.614. The van der Waals surface area contributed by atoms with E-state index in [-0.39, 0.29) is 0 Å². The first kappa shape index (κ1) is 8.46. The Morgan fingerprint density at radius 3 is 2.42 bits per heavy atom. The van der Waals surface area contributed by atoms with Crippen molar-refractivity contribution in [3.63, 3.8) is 0 Å². The number of aromatic amines is 1. The molecular weight excluding hydrogens is 152 g/mol. The van der Waals surface area contributed by atoms with Gasteiger partial charge in [-0.3, -0.25) is 0 Å². The zero-order chi connectivity index (χ0) is 8.65. The highest BCUT2D eigenvalue weighted by molar-refractivity contribution is 5.00. The molecule has 0 radical (unpaired) electrons. The smallest absolute Gasteiger partial charge is 0.119 e. The Morgan fingerprint density at radius 1 is 1.33 bits per heavy atom. The minimum atomic E-state index is 1.22. The van der Waals surface area contributed by atoms with Crippen LogP contribution in [-0.4, -0.2) is 4.98 Å². The number of hydroxylamine groups is 1. The van der Waals surface area contributed by atoms with Crippen LogP contribution in [0.4, 0.5) is 0 Å². The fourth-order valence-electron chi connectivity index (χ4n) is 0.678. The number of nitrogens with one attached hydrogen (secondary N) is 2. The molecule has 12 heavy (non-hydrogen) atoms. The first-order chi connectivity index (χ1) is 5.89. The molecule has 0 spiro atoms. The van der Waals surface area contributed by atoms with Crippen molar-refractivity contribution < 1.29 is 4.84 Å². The topological polar surface area (TPSA) is 37.0 Å². The number of hydrogen-bond acceptors (Lipinski definition) is 2. The standard InChI is InChI=1S/C5H7N.C4H5NO/c1-5-3-2-4-6-5;1-2-4-6-5-3-1/h2-4,6H,1H3;1-5H. The van der Waals surface area contributed by atoms with Gasteiger partial charge in [0.2, 0.25) is 0 Å². The lowest BCUT2D eigenvalue weighted by Gasteiger charge is -1.97. The molecule has 0 atom stereocenters. The molecule has 64 valence electrons. The first-order valence-corrected chi connectivity index (χ1v) is 3.72. The van der Waals surface area contributed by atoms with E-state index in [1.54, 1.807) is 18.5 Å². The number of hydrogen-bond donors (Lipinski definition) is 2. The minimum Gasteiger partial charge on any atom is -0.391 e. The van der Waals surface area contributed by atoms with E-state index in [1.165, 1.54) is 5.69 Å². The Kier molecular flexibility index (Phi) is 3.57. The van der Waals surface area contributed by atoms with E-state index in [2.05, 4.69) is 15.3 Å². The van der Waals surface area contributed by atoms with Gasteiger partial charge in [0.05, 0.1) is 0 Å². The lowest BCUT2D eigenvalue weighted by atomic mass is 10.5. The predicted octanol–water partition coefficient (Wildman–Crippen LogP) is 1.87. The molecule has 0 aliphatic carbocycles. The maximum absolute atomic E-state index is 4.55. The molecule has 1 aromatic heterocycles. The van der Waals surface area contributed by atoms with Crippen LogP contribution in [0.1, 0.15) is 5.69 Å². The van der Waals surface area contributed by atoms with Gasteiger partial charge in [-0.25, -0.2) is 5.48 Å². The van der Waals surface area contributed by atoms with Crippen LogP contribution in [0.3, 0.4) is 0 Å². The lowest BCUT2D eigenvalue weighted by Crippen LogP contribution is -2.01. The molecule has 2 heterocycles. The maximum atomic E-state index is 4.55. The zero-order valence-electron chi connectivity index (χ0n) is 6.95. The highest BCUT2D eigenvalue weighted by atomic mass is 16.6. The maximum Gasteiger partial charge on any atom is 0.119 e. The molecule has 0 aromatic carbocycles. The molecule has 0 bridgehead atoms. The summed E-state index contributed by atoms with van der Waals surface area (Å²) in [4.78, 5) is 7.55. The second kappa shape index (κ2) is 5.07. The second-order valence-electron chi connectivity index (χ2n) is 2.28. The van der Waals surface area contributed by atoms with Crippen LogP contribution in [-0.2, 0) is 4.84 Å². The van der Waals surface area contributed by atoms with Crippen molar-refractivity contribution in [3.8, 4) is 0 Å². The summed E-state index contributed by atoms with van der Waals surface area (Å²) in [6.45, 7) is 2.03. The third-order valence-corrected chi connectivity index (χ3v) is 1.24. The van der Waals surface area contributed by atoms with Gasteiger partial charge in [-0.2, -0.15) is 0 Å². The normalized spacial score (nSPS) is 12.4. The van der Waals surface area contributed by atoms with Gasteiger partial charge < -0.3 is 9.82 Å². The predicted molar refractivity (Wildman–Crippen MR) is 48.0 cm³/mol. The summed E-state index contributed by atoms with van der Waals surface area (Å²) in [5.41, 5.74) is 3.73. The molecule has 1 aliphatic heterocycles. The molecule has 2 rings (SSSR count). The van der Waals surface area contributed by atoms with Gasteiger partial charge in [0.15, 0.2) is 0 Å². The van der Waals surface area contributed by atoms with E-state index in [9.17, 15) is 0 Å². The summed E-state index contributed by atoms with van der Waals surface area (Å²) < 4.78 is 0. The summed E-state index contributed by atoms with van der Waals surface area (Å²) in [5.74, 6) is 0. The summed E-state index contributed by atoms with van der Waals surface area (Å²) in [5, 5.41) is 0. The van der Waals surface area contributed by atoms with Crippen LogP contribution in [0.15, 0.2) is 42.9 Å². The number of H-pyrrole nitrogens is 1. The first-order valence-electron chi connectivity index (χ1n) is 3.72. The van der Waals surface area contributed by atoms with Gasteiger partial charge in [0, 0.05) is 18.1 Å². The molecule has 0 unspecified atom stereocenters. The van der Waals surface area contributed by atoms with E-state index in [1.807, 2.05) is 31.3 Å². The van der Waals surface area contributed by atoms with Crippen molar-refractivity contribution in [2.45, 2.75) is 6.92 Å². The van der Waals surface area contributed by atoms with Crippen molar-refractivity contribution >= 4 is 0 Å². The molecule has 3 heteroatoms. The number of allylic oxidation sites excluding steroid dienone is 2. The Bertz CT molecular complexity index is 238. The molecule has 1 aromatic rings. The van der Waals surface area contributed by atoms with E-state index in [0.29, 0.717) is 0 Å². The summed E-state index contributed by atoms with van der Waals surface area (Å²) >= 11 is 0. The molecule has 2 N–H and O–H groups in total. The van der Waals surface area contributed by atoms with Gasteiger partial charge in [-0.05, 0) is 31.2 Å². The van der Waals surface area contributed by atoms with Crippen molar-refractivity contribution in [2.75, 3.05) is 0 Å².